The van der Waals surface area contributed by atoms with Crippen molar-refractivity contribution in [2.24, 2.45) is 0 Å². The van der Waals surface area contributed by atoms with Gasteiger partial charge in [0.1, 0.15) is 5.75 Å². The first-order valence-corrected chi connectivity index (χ1v) is 9.14. The number of nitrogens with one attached hydrogen (secondary N) is 1. The molecule has 4 rings (SSSR count). The highest BCUT2D eigenvalue weighted by Gasteiger charge is 2.21. The third kappa shape index (κ3) is 3.13. The number of aromatic amines is 1. The molecule has 0 amide bonds. The van der Waals surface area contributed by atoms with E-state index in [1.54, 1.807) is 7.11 Å². The SMILES string of the molecule is COc1ccc(C(=O)c2ccc3[nH]cc(C4CCN(C)CC4)c3c2)cc1. The summed E-state index contributed by atoms with van der Waals surface area (Å²) in [4.78, 5) is 18.6. The second-order valence-electron chi connectivity index (χ2n) is 7.14. The normalized spacial score (nSPS) is 16.1. The van der Waals surface area contributed by atoms with Crippen molar-refractivity contribution in [3.63, 3.8) is 0 Å². The van der Waals surface area contributed by atoms with Crippen LogP contribution < -0.4 is 4.74 Å². The standard InChI is InChI=1S/C22H24N2O2/c1-24-11-9-15(10-12-24)20-14-23-21-8-5-17(13-19(20)21)22(25)16-3-6-18(26-2)7-4-16/h3-8,13-15,23H,9-12H2,1-2H3. The predicted molar refractivity (Wildman–Crippen MR) is 104 cm³/mol. The fourth-order valence-electron chi connectivity index (χ4n) is 3.85. The molecule has 0 atom stereocenters. The first-order chi connectivity index (χ1) is 12.7. The van der Waals surface area contributed by atoms with Gasteiger partial charge in [0.25, 0.3) is 0 Å². The van der Waals surface area contributed by atoms with E-state index >= 15 is 0 Å². The summed E-state index contributed by atoms with van der Waals surface area (Å²) in [5.74, 6) is 1.36. The molecule has 0 aliphatic carbocycles. The summed E-state index contributed by atoms with van der Waals surface area (Å²) < 4.78 is 5.17. The minimum Gasteiger partial charge on any atom is -0.497 e. The fraction of sp³-hybridized carbons (Fsp3) is 0.318. The average molecular weight is 348 g/mol. The highest BCUT2D eigenvalue weighted by atomic mass is 16.5. The first-order valence-electron chi connectivity index (χ1n) is 9.14. The van der Waals surface area contributed by atoms with Crippen LogP contribution >= 0.6 is 0 Å². The van der Waals surface area contributed by atoms with Crippen LogP contribution in [0.2, 0.25) is 0 Å². The van der Waals surface area contributed by atoms with E-state index in [4.69, 9.17) is 4.74 Å². The van der Waals surface area contributed by atoms with Crippen molar-refractivity contribution in [2.45, 2.75) is 18.8 Å². The van der Waals surface area contributed by atoms with E-state index < -0.39 is 0 Å². The van der Waals surface area contributed by atoms with Crippen molar-refractivity contribution in [1.29, 1.82) is 0 Å². The summed E-state index contributed by atoms with van der Waals surface area (Å²) in [5.41, 5.74) is 3.86. The van der Waals surface area contributed by atoms with Crippen molar-refractivity contribution in [3.8, 4) is 5.75 Å². The average Bonchev–Trinajstić information content (AvgIpc) is 3.11. The van der Waals surface area contributed by atoms with Crippen LogP contribution in [0.1, 0.15) is 40.2 Å². The second kappa shape index (κ2) is 6.96. The van der Waals surface area contributed by atoms with E-state index in [1.807, 2.05) is 42.5 Å². The molecule has 1 aliphatic heterocycles. The molecule has 4 nitrogen and oxygen atoms in total. The number of hydrogen-bond donors (Lipinski definition) is 1. The molecule has 1 fully saturated rings. The molecule has 3 aromatic rings. The fourth-order valence-corrected chi connectivity index (χ4v) is 3.85. The number of nitrogens with zero attached hydrogens (tertiary/aromatic N) is 1. The lowest BCUT2D eigenvalue weighted by molar-refractivity contribution is 0.103. The highest BCUT2D eigenvalue weighted by molar-refractivity contribution is 6.10. The number of aromatic nitrogens is 1. The van der Waals surface area contributed by atoms with Gasteiger partial charge in [-0.05, 0) is 86.9 Å². The zero-order chi connectivity index (χ0) is 18.1. The lowest BCUT2D eigenvalue weighted by Crippen LogP contribution is -2.29. The van der Waals surface area contributed by atoms with Crippen molar-refractivity contribution in [1.82, 2.24) is 9.88 Å². The molecule has 0 bridgehead atoms. The maximum atomic E-state index is 12.9. The van der Waals surface area contributed by atoms with E-state index in [0.29, 0.717) is 11.5 Å². The van der Waals surface area contributed by atoms with E-state index in [0.717, 1.165) is 29.9 Å². The van der Waals surface area contributed by atoms with Crippen LogP contribution in [0.25, 0.3) is 10.9 Å². The molecule has 1 N–H and O–H groups in total. The summed E-state index contributed by atoms with van der Waals surface area (Å²) in [7, 11) is 3.80. The van der Waals surface area contributed by atoms with Crippen LogP contribution in [0.15, 0.2) is 48.7 Å². The molecule has 2 aromatic carbocycles. The lowest BCUT2D eigenvalue weighted by Gasteiger charge is -2.28. The van der Waals surface area contributed by atoms with Gasteiger partial charge < -0.3 is 14.6 Å². The number of ether oxygens (including phenoxy) is 1. The molecule has 1 saturated heterocycles. The van der Waals surface area contributed by atoms with Crippen LogP contribution in [0.5, 0.6) is 5.75 Å². The molecular formula is C22H24N2O2. The Morgan fingerprint density at radius 2 is 1.77 bits per heavy atom. The van der Waals surface area contributed by atoms with Crippen LogP contribution in [-0.2, 0) is 0 Å². The smallest absolute Gasteiger partial charge is 0.193 e. The third-order valence-electron chi connectivity index (χ3n) is 5.49. The Kier molecular flexibility index (Phi) is 4.51. The second-order valence-corrected chi connectivity index (χ2v) is 7.14. The van der Waals surface area contributed by atoms with Crippen molar-refractivity contribution >= 4 is 16.7 Å². The van der Waals surface area contributed by atoms with Crippen LogP contribution in [-0.4, -0.2) is 42.9 Å². The molecule has 4 heteroatoms. The van der Waals surface area contributed by atoms with E-state index in [-0.39, 0.29) is 5.78 Å². The molecule has 0 radical (unpaired) electrons. The topological polar surface area (TPSA) is 45.3 Å². The molecule has 26 heavy (non-hydrogen) atoms. The van der Waals surface area contributed by atoms with Gasteiger partial charge in [0.2, 0.25) is 0 Å². The van der Waals surface area contributed by atoms with Crippen molar-refractivity contribution < 1.29 is 9.53 Å². The maximum Gasteiger partial charge on any atom is 0.193 e. The van der Waals surface area contributed by atoms with Gasteiger partial charge in [0, 0.05) is 28.2 Å². The number of benzene rings is 2. The maximum absolute atomic E-state index is 12.9. The van der Waals surface area contributed by atoms with Gasteiger partial charge in [-0.3, -0.25) is 4.79 Å². The Morgan fingerprint density at radius 3 is 2.46 bits per heavy atom. The van der Waals surface area contributed by atoms with E-state index in [2.05, 4.69) is 23.1 Å². The van der Waals surface area contributed by atoms with E-state index in [9.17, 15) is 4.79 Å². The Morgan fingerprint density at radius 1 is 1.08 bits per heavy atom. The summed E-state index contributed by atoms with van der Waals surface area (Å²) in [6, 6.07) is 13.3. The molecule has 0 unspecified atom stereocenters. The molecular weight excluding hydrogens is 324 g/mol. The molecule has 1 aromatic heterocycles. The van der Waals surface area contributed by atoms with Gasteiger partial charge in [-0.15, -0.1) is 0 Å². The van der Waals surface area contributed by atoms with Gasteiger partial charge in [0.15, 0.2) is 5.78 Å². The minimum atomic E-state index is 0.0464. The van der Waals surface area contributed by atoms with Gasteiger partial charge in [-0.1, -0.05) is 0 Å². The zero-order valence-corrected chi connectivity index (χ0v) is 15.3. The number of piperidine rings is 1. The van der Waals surface area contributed by atoms with Gasteiger partial charge in [0.05, 0.1) is 7.11 Å². The van der Waals surface area contributed by atoms with E-state index in [1.165, 1.54) is 23.8 Å². The number of hydrogen-bond acceptors (Lipinski definition) is 3. The Bertz CT molecular complexity index is 919. The zero-order valence-electron chi connectivity index (χ0n) is 15.3. The third-order valence-corrected chi connectivity index (χ3v) is 5.49. The lowest BCUT2D eigenvalue weighted by atomic mass is 9.88. The monoisotopic (exact) mass is 348 g/mol. The molecule has 0 saturated carbocycles. The largest absolute Gasteiger partial charge is 0.497 e. The Balaban J connectivity index is 1.65. The molecule has 0 spiro atoms. The number of carbonyl (C=O) groups excluding carboxylic acids is 1. The Labute approximate surface area is 153 Å². The first kappa shape index (κ1) is 16.9. The predicted octanol–water partition coefficient (Wildman–Crippen LogP) is 4.22. The number of rotatable bonds is 4. The van der Waals surface area contributed by atoms with Crippen LogP contribution in [0.3, 0.4) is 0 Å². The molecule has 2 heterocycles. The summed E-state index contributed by atoms with van der Waals surface area (Å²) in [6.07, 6.45) is 4.46. The molecule has 1 aliphatic rings. The highest BCUT2D eigenvalue weighted by Crippen LogP contribution is 2.33. The summed E-state index contributed by atoms with van der Waals surface area (Å²) >= 11 is 0. The summed E-state index contributed by atoms with van der Waals surface area (Å²) in [5, 5.41) is 1.18. The Hall–Kier alpha value is -2.59. The number of likely N-dealkylation sites (tertiary alicyclic amines) is 1. The number of carbonyl (C=O) groups is 1. The van der Waals surface area contributed by atoms with Gasteiger partial charge in [-0.25, -0.2) is 0 Å². The number of ketones is 1. The van der Waals surface area contributed by atoms with Gasteiger partial charge >= 0.3 is 0 Å². The molecule has 134 valence electrons. The van der Waals surface area contributed by atoms with Crippen LogP contribution in [0, 0.1) is 0 Å². The number of fused-ring (bicyclic) bond motifs is 1. The minimum absolute atomic E-state index is 0.0464. The number of H-pyrrole nitrogens is 1. The van der Waals surface area contributed by atoms with Crippen molar-refractivity contribution in [2.75, 3.05) is 27.2 Å². The quantitative estimate of drug-likeness (QED) is 0.718. The van der Waals surface area contributed by atoms with Crippen molar-refractivity contribution in [3.05, 3.63) is 65.4 Å². The summed E-state index contributed by atoms with van der Waals surface area (Å²) in [6.45, 7) is 2.25. The van der Waals surface area contributed by atoms with Gasteiger partial charge in [-0.2, -0.15) is 0 Å². The number of methoxy groups -OCH3 is 1. The van der Waals surface area contributed by atoms with Crippen LogP contribution in [0.4, 0.5) is 0 Å².